The molecule has 2 aliphatic rings. The van der Waals surface area contributed by atoms with E-state index in [0.29, 0.717) is 35.7 Å². The van der Waals surface area contributed by atoms with Gasteiger partial charge in [-0.1, -0.05) is 12.1 Å². The van der Waals surface area contributed by atoms with Crippen molar-refractivity contribution >= 4 is 34.0 Å². The van der Waals surface area contributed by atoms with Gasteiger partial charge in [0.15, 0.2) is 10.8 Å². The van der Waals surface area contributed by atoms with Crippen molar-refractivity contribution in [3.63, 3.8) is 0 Å². The van der Waals surface area contributed by atoms with Gasteiger partial charge in [-0.3, -0.25) is 9.59 Å². The number of amides is 2. The molecule has 0 radical (unpaired) electrons. The number of thiazole rings is 1. The van der Waals surface area contributed by atoms with Gasteiger partial charge in [-0.15, -0.1) is 11.3 Å². The molecule has 9 nitrogen and oxygen atoms in total. The number of aromatic nitrogens is 3. The molecular weight excluding hydrogens is 512 g/mol. The fourth-order valence-electron chi connectivity index (χ4n) is 5.43. The van der Waals surface area contributed by atoms with Gasteiger partial charge < -0.3 is 20.3 Å². The Morgan fingerprint density at radius 1 is 1.13 bits per heavy atom. The topological polar surface area (TPSA) is 107 Å². The Kier molecular flexibility index (Phi) is 6.34. The van der Waals surface area contributed by atoms with E-state index in [4.69, 9.17) is 10.5 Å². The molecule has 0 unspecified atom stereocenters. The van der Waals surface area contributed by atoms with E-state index in [1.807, 2.05) is 23.7 Å². The van der Waals surface area contributed by atoms with Crippen molar-refractivity contribution in [1.82, 2.24) is 14.8 Å². The third-order valence-electron chi connectivity index (χ3n) is 7.88. The highest BCUT2D eigenvalue weighted by Gasteiger charge is 2.44. The highest BCUT2D eigenvalue weighted by molar-refractivity contribution is 7.13. The summed E-state index contributed by atoms with van der Waals surface area (Å²) in [5.74, 6) is -0.156. The van der Waals surface area contributed by atoms with E-state index >= 15 is 0 Å². The van der Waals surface area contributed by atoms with Crippen LogP contribution in [0.15, 0.2) is 60.1 Å². The third-order valence-corrected chi connectivity index (χ3v) is 8.77. The van der Waals surface area contributed by atoms with E-state index in [2.05, 4.69) is 34.2 Å². The van der Waals surface area contributed by atoms with Crippen LogP contribution >= 0.6 is 11.3 Å². The van der Waals surface area contributed by atoms with Gasteiger partial charge in [0.1, 0.15) is 11.4 Å². The van der Waals surface area contributed by atoms with Crippen LogP contribution in [0.2, 0.25) is 0 Å². The molecule has 2 aromatic carbocycles. The molecule has 200 valence electrons. The second kappa shape index (κ2) is 9.85. The highest BCUT2D eigenvalue weighted by atomic mass is 32.1. The summed E-state index contributed by atoms with van der Waals surface area (Å²) in [6.45, 7) is 1.39. The number of carbonyl (C=O) groups is 2. The number of ether oxygens (including phenoxy) is 1. The summed E-state index contributed by atoms with van der Waals surface area (Å²) >= 11 is 1.66. The lowest BCUT2D eigenvalue weighted by molar-refractivity contribution is 0.0972. The molecule has 10 heteroatoms. The number of benzene rings is 2. The molecule has 0 bridgehead atoms. The summed E-state index contributed by atoms with van der Waals surface area (Å²) in [6, 6.07) is 15.6. The molecule has 1 aliphatic carbocycles. The number of hydrogen-bond acceptors (Lipinski definition) is 7. The summed E-state index contributed by atoms with van der Waals surface area (Å²) in [7, 11) is 3.68. The van der Waals surface area contributed by atoms with Gasteiger partial charge in [0.05, 0.1) is 12.8 Å². The largest absolute Gasteiger partial charge is 0.497 e. The van der Waals surface area contributed by atoms with E-state index in [9.17, 15) is 9.59 Å². The SMILES string of the molecule is COc1ccc(-n2nc(C(N)=O)c3c2C(=O)N(c2ccc(C4(CCN(C)c5nccs5)CC4)cc2)CC3)cc1. The standard InChI is InChI=1S/C29H30N6O3S/c1-33(28-31-15-18-39-28)17-14-29(12-13-29)19-3-5-20(6-4-19)34-16-11-23-24(26(30)36)32-35(25(23)27(34)37)21-7-9-22(38-2)10-8-21/h3-10,15,18H,11-14,16-17H2,1-2H3,(H2,30,36). The maximum absolute atomic E-state index is 13.8. The van der Waals surface area contributed by atoms with Crippen molar-refractivity contribution in [1.29, 1.82) is 0 Å². The first-order valence-corrected chi connectivity index (χ1v) is 13.9. The molecule has 39 heavy (non-hydrogen) atoms. The van der Waals surface area contributed by atoms with Gasteiger partial charge in [-0.25, -0.2) is 9.67 Å². The van der Waals surface area contributed by atoms with Gasteiger partial charge >= 0.3 is 0 Å². The maximum Gasteiger partial charge on any atom is 0.277 e. The summed E-state index contributed by atoms with van der Waals surface area (Å²) in [6.07, 6.45) is 5.73. The molecule has 2 N–H and O–H groups in total. The Morgan fingerprint density at radius 3 is 2.46 bits per heavy atom. The first-order valence-electron chi connectivity index (χ1n) is 13.0. The summed E-state index contributed by atoms with van der Waals surface area (Å²) in [4.78, 5) is 34.4. The fraction of sp³-hybridized carbons (Fsp3) is 0.310. The van der Waals surface area contributed by atoms with E-state index in [1.54, 1.807) is 47.6 Å². The molecule has 0 spiro atoms. The molecule has 4 aromatic rings. The van der Waals surface area contributed by atoms with Crippen molar-refractivity contribution in [2.75, 3.05) is 37.0 Å². The number of nitrogens with zero attached hydrogens (tertiary/aromatic N) is 5. The zero-order chi connectivity index (χ0) is 27.1. The van der Waals surface area contributed by atoms with E-state index in [1.165, 1.54) is 23.1 Å². The first-order chi connectivity index (χ1) is 18.9. The number of hydrogen-bond donors (Lipinski definition) is 1. The van der Waals surface area contributed by atoms with Crippen molar-refractivity contribution in [2.45, 2.75) is 31.1 Å². The molecule has 6 rings (SSSR count). The Hall–Kier alpha value is -4.18. The van der Waals surface area contributed by atoms with Crippen molar-refractivity contribution in [3.8, 4) is 11.4 Å². The van der Waals surface area contributed by atoms with Crippen LogP contribution in [0.25, 0.3) is 5.69 Å². The number of anilines is 2. The number of rotatable bonds is 9. The smallest absolute Gasteiger partial charge is 0.277 e. The molecule has 2 amide bonds. The molecule has 3 heterocycles. The predicted octanol–water partition coefficient (Wildman–Crippen LogP) is 4.20. The molecule has 2 aromatic heterocycles. The van der Waals surface area contributed by atoms with Gasteiger partial charge in [0.2, 0.25) is 0 Å². The minimum Gasteiger partial charge on any atom is -0.497 e. The molecule has 0 atom stereocenters. The zero-order valence-corrected chi connectivity index (χ0v) is 22.8. The average molecular weight is 543 g/mol. The van der Waals surface area contributed by atoms with Gasteiger partial charge in [-0.2, -0.15) is 5.10 Å². The fourth-order valence-corrected chi connectivity index (χ4v) is 6.06. The Bertz CT molecular complexity index is 1510. The quantitative estimate of drug-likeness (QED) is 0.340. The maximum atomic E-state index is 13.8. The Morgan fingerprint density at radius 2 is 1.85 bits per heavy atom. The highest BCUT2D eigenvalue weighted by Crippen LogP contribution is 2.51. The number of carbonyl (C=O) groups excluding carboxylic acids is 2. The lowest BCUT2D eigenvalue weighted by atomic mass is 9.92. The summed E-state index contributed by atoms with van der Waals surface area (Å²) in [5, 5.41) is 7.49. The van der Waals surface area contributed by atoms with Crippen LogP contribution in [-0.4, -0.2) is 53.8 Å². The zero-order valence-electron chi connectivity index (χ0n) is 22.0. The molecule has 1 aliphatic heterocycles. The molecule has 0 saturated heterocycles. The van der Waals surface area contributed by atoms with Crippen molar-refractivity contribution < 1.29 is 14.3 Å². The Labute approximate surface area is 230 Å². The van der Waals surface area contributed by atoms with E-state index in [-0.39, 0.29) is 17.0 Å². The van der Waals surface area contributed by atoms with E-state index in [0.717, 1.165) is 23.8 Å². The second-order valence-corrected chi connectivity index (χ2v) is 11.0. The number of nitrogens with two attached hydrogens (primary N) is 1. The molecular formula is C29H30N6O3S. The summed E-state index contributed by atoms with van der Waals surface area (Å²) < 4.78 is 6.78. The number of methoxy groups -OCH3 is 1. The minimum absolute atomic E-state index is 0.141. The first kappa shape index (κ1) is 25.1. The van der Waals surface area contributed by atoms with Crippen molar-refractivity contribution in [2.24, 2.45) is 5.73 Å². The van der Waals surface area contributed by atoms with Crippen LogP contribution < -0.4 is 20.3 Å². The lowest BCUT2D eigenvalue weighted by Gasteiger charge is -2.28. The Balaban J connectivity index is 1.24. The van der Waals surface area contributed by atoms with Crippen molar-refractivity contribution in [3.05, 3.63) is 82.6 Å². The second-order valence-electron chi connectivity index (χ2n) is 10.2. The van der Waals surface area contributed by atoms with Crippen LogP contribution in [0.5, 0.6) is 5.75 Å². The summed E-state index contributed by atoms with van der Waals surface area (Å²) in [5.41, 5.74) is 9.72. The van der Waals surface area contributed by atoms with Crippen LogP contribution in [0.3, 0.4) is 0 Å². The van der Waals surface area contributed by atoms with Gasteiger partial charge in [0, 0.05) is 43.0 Å². The van der Waals surface area contributed by atoms with Gasteiger partial charge in [0.25, 0.3) is 11.8 Å². The van der Waals surface area contributed by atoms with E-state index < -0.39 is 5.91 Å². The number of fused-ring (bicyclic) bond motifs is 1. The molecule has 1 saturated carbocycles. The normalized spacial score (nSPS) is 15.6. The van der Waals surface area contributed by atoms with Crippen LogP contribution in [0, 0.1) is 0 Å². The molecule has 1 fully saturated rings. The van der Waals surface area contributed by atoms with Crippen LogP contribution in [0.1, 0.15) is 51.4 Å². The van der Waals surface area contributed by atoms with Crippen LogP contribution in [-0.2, 0) is 11.8 Å². The predicted molar refractivity (Wildman–Crippen MR) is 151 cm³/mol. The average Bonchev–Trinajstić information content (AvgIpc) is 3.35. The van der Waals surface area contributed by atoms with Crippen LogP contribution in [0.4, 0.5) is 10.8 Å². The number of primary amides is 1. The minimum atomic E-state index is -0.639. The third kappa shape index (κ3) is 4.54. The monoisotopic (exact) mass is 542 g/mol. The van der Waals surface area contributed by atoms with Gasteiger partial charge in [-0.05, 0) is 73.1 Å². The lowest BCUT2D eigenvalue weighted by Crippen LogP contribution is -2.39.